The molecule has 0 radical (unpaired) electrons. The van der Waals surface area contributed by atoms with Gasteiger partial charge in [0.15, 0.2) is 0 Å². The first-order valence-electron chi connectivity index (χ1n) is 9.50. The first-order chi connectivity index (χ1) is 13.0. The second kappa shape index (κ2) is 10.7. The molecule has 1 aromatic rings. The molecule has 9 heteroatoms. The molecule has 8 nitrogen and oxygen atoms in total. The number of nitrogens with two attached hydrogens (primary N) is 1. The van der Waals surface area contributed by atoms with Crippen molar-refractivity contribution in [3.8, 4) is 5.88 Å². The van der Waals surface area contributed by atoms with Crippen LogP contribution in [0.3, 0.4) is 0 Å². The molecular weight excluding hydrogens is 368 g/mol. The minimum absolute atomic E-state index is 0.203. The zero-order chi connectivity index (χ0) is 19.7. The molecule has 2 atom stereocenters. The normalized spacial score (nSPS) is 20.8. The van der Waals surface area contributed by atoms with Crippen molar-refractivity contribution in [2.75, 3.05) is 40.1 Å². The fourth-order valence-corrected chi connectivity index (χ4v) is 3.49. The van der Waals surface area contributed by atoms with Crippen molar-refractivity contribution in [3.63, 3.8) is 0 Å². The van der Waals surface area contributed by atoms with Crippen molar-refractivity contribution in [1.82, 2.24) is 8.75 Å². The molecule has 0 spiro atoms. The third kappa shape index (κ3) is 6.53. The predicted molar refractivity (Wildman–Crippen MR) is 104 cm³/mol. The smallest absolute Gasteiger partial charge is 0.329 e. The van der Waals surface area contributed by atoms with Crippen LogP contribution in [0.15, 0.2) is 6.08 Å². The number of aromatic nitrogens is 2. The summed E-state index contributed by atoms with van der Waals surface area (Å²) in [6.07, 6.45) is 7.58. The van der Waals surface area contributed by atoms with Crippen molar-refractivity contribution in [2.45, 2.75) is 45.1 Å². The average molecular weight is 400 g/mol. The van der Waals surface area contributed by atoms with Gasteiger partial charge in [0.2, 0.25) is 6.73 Å². The molecule has 0 fully saturated rings. The van der Waals surface area contributed by atoms with E-state index >= 15 is 0 Å². The van der Waals surface area contributed by atoms with Crippen LogP contribution in [0.4, 0.5) is 0 Å². The van der Waals surface area contributed by atoms with E-state index in [1.807, 2.05) is 7.05 Å². The van der Waals surface area contributed by atoms with E-state index in [2.05, 4.69) is 21.7 Å². The highest BCUT2D eigenvalue weighted by molar-refractivity contribution is 6.99. The molecule has 1 aliphatic heterocycles. The summed E-state index contributed by atoms with van der Waals surface area (Å²) in [5, 5.41) is 8.95. The third-order valence-electron chi connectivity index (χ3n) is 4.63. The summed E-state index contributed by atoms with van der Waals surface area (Å²) in [7, 11) is 2.02. The zero-order valence-corrected chi connectivity index (χ0v) is 17.0. The number of nitrogens with zero attached hydrogens (tertiary/aromatic N) is 3. The summed E-state index contributed by atoms with van der Waals surface area (Å²) in [6.45, 7) is 4.12. The van der Waals surface area contributed by atoms with Crippen molar-refractivity contribution < 1.29 is 23.9 Å². The summed E-state index contributed by atoms with van der Waals surface area (Å²) < 4.78 is 20.4. The van der Waals surface area contributed by atoms with Crippen LogP contribution in [0.5, 0.6) is 5.88 Å². The molecule has 1 aliphatic rings. The topological polar surface area (TPSA) is 108 Å². The van der Waals surface area contributed by atoms with Gasteiger partial charge in [0, 0.05) is 12.0 Å². The highest BCUT2D eigenvalue weighted by atomic mass is 32.1. The molecule has 0 aliphatic carbocycles. The zero-order valence-electron chi connectivity index (χ0n) is 16.2. The van der Waals surface area contributed by atoms with Crippen molar-refractivity contribution in [1.29, 1.82) is 0 Å². The number of carbonyl (C=O) groups excluding carboxylic acids is 1. The second-order valence-electron chi connectivity index (χ2n) is 7.23. The van der Waals surface area contributed by atoms with Gasteiger partial charge in [0.1, 0.15) is 18.3 Å². The molecule has 0 bridgehead atoms. The molecule has 3 N–H and O–H groups in total. The van der Waals surface area contributed by atoms with E-state index < -0.39 is 18.6 Å². The Balaban J connectivity index is 1.93. The molecule has 0 saturated carbocycles. The van der Waals surface area contributed by atoms with E-state index in [1.54, 1.807) is 0 Å². The van der Waals surface area contributed by atoms with Gasteiger partial charge in [-0.2, -0.15) is 4.37 Å². The molecule has 0 saturated heterocycles. The number of hydrogen-bond acceptors (Lipinski definition) is 8. The van der Waals surface area contributed by atoms with Gasteiger partial charge in [-0.3, -0.25) is 9.28 Å². The largest absolute Gasteiger partial charge is 0.475 e. The van der Waals surface area contributed by atoms with Crippen LogP contribution in [-0.4, -0.2) is 70.4 Å². The SMILES string of the molecule is CCCCCCOc1nsnc1C1=CCC[N+](C)(COC(=O)[C@@H](N)CO)C1. The first kappa shape index (κ1) is 21.7. The fourth-order valence-electron chi connectivity index (χ4n) is 2.96. The second-order valence-corrected chi connectivity index (χ2v) is 7.76. The lowest BCUT2D eigenvalue weighted by atomic mass is 10.1. The van der Waals surface area contributed by atoms with Gasteiger partial charge in [0.05, 0.1) is 38.5 Å². The van der Waals surface area contributed by atoms with E-state index in [-0.39, 0.29) is 6.73 Å². The average Bonchev–Trinajstić information content (AvgIpc) is 3.14. The van der Waals surface area contributed by atoms with Crippen molar-refractivity contribution in [3.05, 3.63) is 11.8 Å². The number of quaternary nitrogens is 1. The van der Waals surface area contributed by atoms with Gasteiger partial charge < -0.3 is 20.3 Å². The standard InChI is InChI=1S/C18H31N4O4S/c1-3-4-5-6-10-25-17-16(20-27-21-17)14-8-7-9-22(2,11-14)13-26-18(24)15(19)12-23/h8,15,23H,3-7,9-13,19H2,1-2H3/q+1/t15-,22?/m0/s1. The van der Waals surface area contributed by atoms with Crippen LogP contribution in [-0.2, 0) is 9.53 Å². The van der Waals surface area contributed by atoms with Gasteiger partial charge in [-0.05, 0) is 6.42 Å². The summed E-state index contributed by atoms with van der Waals surface area (Å²) in [5.41, 5.74) is 7.35. The molecule has 1 aromatic heterocycles. The molecule has 27 heavy (non-hydrogen) atoms. The molecule has 152 valence electrons. The first-order valence-corrected chi connectivity index (χ1v) is 10.2. The summed E-state index contributed by atoms with van der Waals surface area (Å²) in [4.78, 5) is 11.7. The van der Waals surface area contributed by atoms with Gasteiger partial charge in [-0.15, -0.1) is 4.37 Å². The lowest BCUT2D eigenvalue weighted by molar-refractivity contribution is -0.919. The van der Waals surface area contributed by atoms with Gasteiger partial charge >= 0.3 is 5.97 Å². The highest BCUT2D eigenvalue weighted by Crippen LogP contribution is 2.30. The molecule has 2 heterocycles. The lowest BCUT2D eigenvalue weighted by Crippen LogP contribution is -2.50. The van der Waals surface area contributed by atoms with E-state index in [0.717, 1.165) is 48.8 Å². The number of aliphatic hydroxyl groups is 1. The monoisotopic (exact) mass is 399 g/mol. The van der Waals surface area contributed by atoms with Gasteiger partial charge in [-0.1, -0.05) is 32.3 Å². The molecule has 0 aromatic carbocycles. The number of carbonyl (C=O) groups is 1. The summed E-state index contributed by atoms with van der Waals surface area (Å²) in [6, 6.07) is -0.994. The maximum Gasteiger partial charge on any atom is 0.329 e. The molecule has 0 amide bonds. The Morgan fingerprint density at radius 1 is 1.41 bits per heavy atom. The summed E-state index contributed by atoms with van der Waals surface area (Å²) in [5.74, 6) is 0.00914. The molecular formula is C18H31N4O4S+. The lowest BCUT2D eigenvalue weighted by Gasteiger charge is -2.36. The Labute approximate surface area is 164 Å². The van der Waals surface area contributed by atoms with Crippen molar-refractivity contribution in [2.24, 2.45) is 5.73 Å². The Hall–Kier alpha value is -1.55. The van der Waals surface area contributed by atoms with Crippen LogP contribution >= 0.6 is 11.7 Å². The van der Waals surface area contributed by atoms with Crippen LogP contribution in [0.1, 0.15) is 44.7 Å². The number of unbranched alkanes of at least 4 members (excludes halogenated alkanes) is 3. The number of likely N-dealkylation sites (N-methyl/N-ethyl adjacent to an activating group) is 1. The predicted octanol–water partition coefficient (Wildman–Crippen LogP) is 1.55. The van der Waals surface area contributed by atoms with E-state index in [4.69, 9.17) is 20.3 Å². The van der Waals surface area contributed by atoms with E-state index in [9.17, 15) is 4.79 Å². The quantitative estimate of drug-likeness (QED) is 0.330. The Morgan fingerprint density at radius 2 is 2.22 bits per heavy atom. The Kier molecular flexibility index (Phi) is 8.62. The molecule has 1 unspecified atom stereocenters. The Bertz CT molecular complexity index is 637. The number of rotatable bonds is 11. The van der Waals surface area contributed by atoms with Crippen LogP contribution in [0.2, 0.25) is 0 Å². The maximum absolute atomic E-state index is 11.7. The maximum atomic E-state index is 11.7. The number of hydrogen-bond donors (Lipinski definition) is 2. The number of aliphatic hydroxyl groups excluding tert-OH is 1. The number of esters is 1. The van der Waals surface area contributed by atoms with Crippen LogP contribution in [0, 0.1) is 0 Å². The third-order valence-corrected chi connectivity index (χ3v) is 5.14. The van der Waals surface area contributed by atoms with Crippen LogP contribution in [0.25, 0.3) is 5.57 Å². The van der Waals surface area contributed by atoms with Crippen molar-refractivity contribution >= 4 is 23.3 Å². The minimum atomic E-state index is -0.994. The van der Waals surface area contributed by atoms with Crippen LogP contribution < -0.4 is 10.5 Å². The minimum Gasteiger partial charge on any atom is -0.475 e. The highest BCUT2D eigenvalue weighted by Gasteiger charge is 2.31. The van der Waals surface area contributed by atoms with E-state index in [0.29, 0.717) is 23.5 Å². The Morgan fingerprint density at radius 3 is 2.96 bits per heavy atom. The van der Waals surface area contributed by atoms with Gasteiger partial charge in [-0.25, -0.2) is 0 Å². The fraction of sp³-hybridized carbons (Fsp3) is 0.722. The molecule has 2 rings (SSSR count). The number of ether oxygens (including phenoxy) is 2. The summed E-state index contributed by atoms with van der Waals surface area (Å²) >= 11 is 1.15. The van der Waals surface area contributed by atoms with Gasteiger partial charge in [0.25, 0.3) is 5.88 Å². The van der Waals surface area contributed by atoms with E-state index in [1.165, 1.54) is 12.8 Å².